The topological polar surface area (TPSA) is 83.5 Å². The molecule has 1 fully saturated rings. The van der Waals surface area contributed by atoms with Gasteiger partial charge in [-0.3, -0.25) is 14.6 Å². The molecule has 0 bridgehead atoms. The lowest BCUT2D eigenvalue weighted by Gasteiger charge is -2.14. The molecule has 0 atom stereocenters. The molecule has 2 N–H and O–H groups in total. The van der Waals surface area contributed by atoms with E-state index in [0.717, 1.165) is 31.2 Å². The Labute approximate surface area is 124 Å². The van der Waals surface area contributed by atoms with Crippen molar-refractivity contribution in [2.24, 2.45) is 5.10 Å². The van der Waals surface area contributed by atoms with Crippen molar-refractivity contribution in [3.8, 4) is 0 Å². The number of amides is 2. The Kier molecular flexibility index (Phi) is 5.87. The molecule has 112 valence electrons. The zero-order valence-electron chi connectivity index (χ0n) is 11.9. The lowest BCUT2D eigenvalue weighted by molar-refractivity contribution is -0.139. The lowest BCUT2D eigenvalue weighted by atomic mass is 10.1. The van der Waals surface area contributed by atoms with Crippen molar-refractivity contribution in [3.63, 3.8) is 0 Å². The number of hydrogen-bond acceptors (Lipinski definition) is 4. The van der Waals surface area contributed by atoms with Crippen LogP contribution in [0.25, 0.3) is 0 Å². The Balaban J connectivity index is 1.77. The van der Waals surface area contributed by atoms with Gasteiger partial charge in [0.1, 0.15) is 0 Å². The highest BCUT2D eigenvalue weighted by Gasteiger charge is 2.19. The highest BCUT2D eigenvalue weighted by Crippen LogP contribution is 2.16. The zero-order valence-corrected chi connectivity index (χ0v) is 11.9. The predicted octanol–water partition coefficient (Wildman–Crippen LogP) is 1.37. The third kappa shape index (κ3) is 5.33. The van der Waals surface area contributed by atoms with Crippen LogP contribution in [0.4, 0.5) is 0 Å². The van der Waals surface area contributed by atoms with E-state index in [4.69, 9.17) is 0 Å². The van der Waals surface area contributed by atoms with Crippen LogP contribution >= 0.6 is 0 Å². The highest BCUT2D eigenvalue weighted by atomic mass is 16.2. The minimum absolute atomic E-state index is 0.106. The average molecular weight is 288 g/mol. The molecule has 1 aliphatic carbocycles. The van der Waals surface area contributed by atoms with Crippen LogP contribution in [0.15, 0.2) is 29.6 Å². The highest BCUT2D eigenvalue weighted by molar-refractivity contribution is 6.35. The summed E-state index contributed by atoms with van der Waals surface area (Å²) in [5, 5.41) is 6.53. The first kappa shape index (κ1) is 15.2. The number of carbonyl (C=O) groups is 2. The van der Waals surface area contributed by atoms with E-state index in [0.29, 0.717) is 0 Å². The quantitative estimate of drug-likeness (QED) is 0.381. The molecule has 0 aliphatic heterocycles. The number of hydrogen-bond donors (Lipinski definition) is 2. The van der Waals surface area contributed by atoms with Crippen molar-refractivity contribution in [1.29, 1.82) is 0 Å². The van der Waals surface area contributed by atoms with Gasteiger partial charge in [0.25, 0.3) is 0 Å². The van der Waals surface area contributed by atoms with E-state index >= 15 is 0 Å². The SMILES string of the molecule is O=C(NN=Cc1ccncc1)C(=O)NC1CCCCCC1. The van der Waals surface area contributed by atoms with Crippen molar-refractivity contribution in [1.82, 2.24) is 15.7 Å². The summed E-state index contributed by atoms with van der Waals surface area (Å²) in [7, 11) is 0. The maximum absolute atomic E-state index is 11.8. The largest absolute Gasteiger partial charge is 0.345 e. The third-order valence-electron chi connectivity index (χ3n) is 3.48. The molecule has 1 saturated carbocycles. The molecule has 6 nitrogen and oxygen atoms in total. The standard InChI is InChI=1S/C15H20N4O2/c20-14(18-13-5-3-1-2-4-6-13)15(21)19-17-11-12-7-9-16-10-8-12/h7-11,13H,1-6H2,(H,18,20)(H,19,21). The Morgan fingerprint density at radius 3 is 2.43 bits per heavy atom. The van der Waals surface area contributed by atoms with Crippen LogP contribution in [0.3, 0.4) is 0 Å². The molecule has 1 aliphatic rings. The Morgan fingerprint density at radius 1 is 1.10 bits per heavy atom. The van der Waals surface area contributed by atoms with Crippen LogP contribution in [0.1, 0.15) is 44.1 Å². The number of aromatic nitrogens is 1. The molecule has 0 unspecified atom stereocenters. The Bertz CT molecular complexity index is 494. The van der Waals surface area contributed by atoms with Gasteiger partial charge < -0.3 is 5.32 Å². The molecule has 6 heteroatoms. The fourth-order valence-corrected chi connectivity index (χ4v) is 2.34. The van der Waals surface area contributed by atoms with E-state index in [-0.39, 0.29) is 6.04 Å². The summed E-state index contributed by atoms with van der Waals surface area (Å²) >= 11 is 0. The van der Waals surface area contributed by atoms with Crippen molar-refractivity contribution in [3.05, 3.63) is 30.1 Å². The van der Waals surface area contributed by atoms with Crippen LogP contribution in [0, 0.1) is 0 Å². The minimum atomic E-state index is -0.732. The molecule has 0 aromatic carbocycles. The number of carbonyl (C=O) groups excluding carboxylic acids is 2. The number of nitrogens with one attached hydrogen (secondary N) is 2. The molecule has 0 spiro atoms. The zero-order chi connectivity index (χ0) is 14.9. The van der Waals surface area contributed by atoms with Gasteiger partial charge in [0.2, 0.25) is 0 Å². The molecule has 1 heterocycles. The van der Waals surface area contributed by atoms with Gasteiger partial charge in [0, 0.05) is 18.4 Å². The molecule has 1 aromatic heterocycles. The first-order chi connectivity index (χ1) is 10.3. The maximum Gasteiger partial charge on any atom is 0.329 e. The van der Waals surface area contributed by atoms with Crippen molar-refractivity contribution in [2.45, 2.75) is 44.6 Å². The summed E-state index contributed by atoms with van der Waals surface area (Å²) in [5.74, 6) is -1.35. The van der Waals surface area contributed by atoms with Gasteiger partial charge in [-0.1, -0.05) is 25.7 Å². The van der Waals surface area contributed by atoms with Gasteiger partial charge >= 0.3 is 11.8 Å². The second kappa shape index (κ2) is 8.14. The van der Waals surface area contributed by atoms with Gasteiger partial charge in [-0.25, -0.2) is 5.43 Å². The Morgan fingerprint density at radius 2 is 1.76 bits per heavy atom. The molecule has 21 heavy (non-hydrogen) atoms. The summed E-state index contributed by atoms with van der Waals surface area (Å²) in [6.07, 6.45) is 11.2. The average Bonchev–Trinajstić information content (AvgIpc) is 2.77. The molecular formula is C15H20N4O2. The normalized spacial score (nSPS) is 16.4. The minimum Gasteiger partial charge on any atom is -0.345 e. The predicted molar refractivity (Wildman–Crippen MR) is 79.6 cm³/mol. The fraction of sp³-hybridized carbons (Fsp3) is 0.467. The van der Waals surface area contributed by atoms with E-state index in [9.17, 15) is 9.59 Å². The summed E-state index contributed by atoms with van der Waals surface area (Å²) in [6, 6.07) is 3.61. The van der Waals surface area contributed by atoms with E-state index in [1.807, 2.05) is 0 Å². The van der Waals surface area contributed by atoms with Crippen LogP contribution < -0.4 is 10.7 Å². The lowest BCUT2D eigenvalue weighted by Crippen LogP contribution is -2.43. The van der Waals surface area contributed by atoms with Gasteiger partial charge in [0.05, 0.1) is 6.21 Å². The summed E-state index contributed by atoms with van der Waals surface area (Å²) in [6.45, 7) is 0. The van der Waals surface area contributed by atoms with Crippen LogP contribution in [0.2, 0.25) is 0 Å². The summed E-state index contributed by atoms with van der Waals surface area (Å²) in [4.78, 5) is 27.3. The molecule has 0 radical (unpaired) electrons. The molecular weight excluding hydrogens is 268 g/mol. The number of hydrazone groups is 1. The van der Waals surface area contributed by atoms with Gasteiger partial charge in [-0.05, 0) is 30.5 Å². The summed E-state index contributed by atoms with van der Waals surface area (Å²) < 4.78 is 0. The molecule has 1 aromatic rings. The monoisotopic (exact) mass is 288 g/mol. The van der Waals surface area contributed by atoms with Crippen molar-refractivity contribution >= 4 is 18.0 Å². The van der Waals surface area contributed by atoms with E-state index in [2.05, 4.69) is 20.8 Å². The third-order valence-corrected chi connectivity index (χ3v) is 3.48. The number of rotatable bonds is 3. The molecule has 2 rings (SSSR count). The van der Waals surface area contributed by atoms with Crippen LogP contribution in [-0.2, 0) is 9.59 Å². The number of nitrogens with zero attached hydrogens (tertiary/aromatic N) is 2. The van der Waals surface area contributed by atoms with Gasteiger partial charge in [0.15, 0.2) is 0 Å². The van der Waals surface area contributed by atoms with Crippen LogP contribution in [0.5, 0.6) is 0 Å². The van der Waals surface area contributed by atoms with Gasteiger partial charge in [-0.2, -0.15) is 5.10 Å². The second-order valence-corrected chi connectivity index (χ2v) is 5.14. The first-order valence-corrected chi connectivity index (χ1v) is 7.29. The Hall–Kier alpha value is -2.24. The smallest absolute Gasteiger partial charge is 0.329 e. The van der Waals surface area contributed by atoms with E-state index < -0.39 is 11.8 Å². The van der Waals surface area contributed by atoms with Crippen LogP contribution in [-0.4, -0.2) is 29.1 Å². The first-order valence-electron chi connectivity index (χ1n) is 7.29. The fourth-order valence-electron chi connectivity index (χ4n) is 2.34. The van der Waals surface area contributed by atoms with E-state index in [1.165, 1.54) is 19.1 Å². The number of pyridine rings is 1. The maximum atomic E-state index is 11.8. The second-order valence-electron chi connectivity index (χ2n) is 5.14. The van der Waals surface area contributed by atoms with Crippen molar-refractivity contribution < 1.29 is 9.59 Å². The van der Waals surface area contributed by atoms with Crippen molar-refractivity contribution in [2.75, 3.05) is 0 Å². The molecule has 0 saturated heterocycles. The van der Waals surface area contributed by atoms with Gasteiger partial charge in [-0.15, -0.1) is 0 Å². The molecule has 2 amide bonds. The van der Waals surface area contributed by atoms with E-state index in [1.54, 1.807) is 24.5 Å². The summed E-state index contributed by atoms with van der Waals surface area (Å²) in [5.41, 5.74) is 3.03.